The second-order valence-electron chi connectivity index (χ2n) is 5.61. The van der Waals surface area contributed by atoms with Crippen molar-refractivity contribution in [1.29, 1.82) is 0 Å². The minimum Gasteiger partial charge on any atom is -0.447 e. The molecule has 0 radical (unpaired) electrons. The number of amides is 3. The molecule has 2 aromatic rings. The fourth-order valence-electron chi connectivity index (χ4n) is 2.88. The van der Waals surface area contributed by atoms with E-state index in [1.54, 1.807) is 14.3 Å². The molecule has 0 saturated carbocycles. The van der Waals surface area contributed by atoms with E-state index < -0.39 is 0 Å². The molecule has 0 aliphatic carbocycles. The molecular weight excluding hydrogens is 320 g/mol. The number of hydrogen-bond donors (Lipinski definition) is 1. The first-order valence-corrected chi connectivity index (χ1v) is 8.19. The minimum absolute atomic E-state index is 0.0351. The summed E-state index contributed by atoms with van der Waals surface area (Å²) in [7, 11) is 0. The number of rotatable bonds is 2. The number of fused-ring (bicyclic) bond motifs is 2. The van der Waals surface area contributed by atoms with Gasteiger partial charge in [-0.15, -0.1) is 0 Å². The van der Waals surface area contributed by atoms with Gasteiger partial charge in [0.2, 0.25) is 4.96 Å². The Labute approximate surface area is 135 Å². The van der Waals surface area contributed by atoms with Gasteiger partial charge in [-0.2, -0.15) is 5.10 Å². The Morgan fingerprint density at radius 2 is 2.39 bits per heavy atom. The molecule has 10 heteroatoms. The Hall–Kier alpha value is -2.36. The van der Waals surface area contributed by atoms with Crippen molar-refractivity contribution in [3.63, 3.8) is 0 Å². The standard InChI is InChI=1S/C13H16N6O3S/c1-8-16-19-5-9(15-12(19)23-8)4-14-11(20)17-2-3-18-10(6-17)7-22-13(18)21/h5,10H,2-4,6-7H2,1H3,(H,14,20). The van der Waals surface area contributed by atoms with Gasteiger partial charge >= 0.3 is 12.1 Å². The van der Waals surface area contributed by atoms with Gasteiger partial charge in [-0.05, 0) is 6.92 Å². The Bertz CT molecular complexity index is 739. The normalized spacial score (nSPS) is 20.7. The largest absolute Gasteiger partial charge is 0.447 e. The van der Waals surface area contributed by atoms with Crippen molar-refractivity contribution in [1.82, 2.24) is 29.7 Å². The molecule has 1 atom stereocenters. The van der Waals surface area contributed by atoms with Crippen LogP contribution in [0.15, 0.2) is 6.20 Å². The summed E-state index contributed by atoms with van der Waals surface area (Å²) in [4.78, 5) is 32.4. The van der Waals surface area contributed by atoms with Gasteiger partial charge in [0.1, 0.15) is 11.6 Å². The lowest BCUT2D eigenvalue weighted by molar-refractivity contribution is 0.127. The molecule has 23 heavy (non-hydrogen) atoms. The van der Waals surface area contributed by atoms with Gasteiger partial charge in [0, 0.05) is 19.6 Å². The molecule has 0 bridgehead atoms. The van der Waals surface area contributed by atoms with Gasteiger partial charge < -0.3 is 15.0 Å². The van der Waals surface area contributed by atoms with Crippen molar-refractivity contribution < 1.29 is 14.3 Å². The van der Waals surface area contributed by atoms with Crippen LogP contribution in [0.5, 0.6) is 0 Å². The maximum atomic E-state index is 12.3. The van der Waals surface area contributed by atoms with Crippen molar-refractivity contribution >= 4 is 28.4 Å². The molecule has 2 fully saturated rings. The number of cyclic esters (lactones) is 1. The first kappa shape index (κ1) is 14.2. The zero-order chi connectivity index (χ0) is 16.0. The minimum atomic E-state index is -0.282. The third-order valence-electron chi connectivity index (χ3n) is 4.02. The third kappa shape index (κ3) is 2.58. The first-order valence-electron chi connectivity index (χ1n) is 7.38. The van der Waals surface area contributed by atoms with Crippen molar-refractivity contribution in [3.05, 3.63) is 16.9 Å². The molecule has 2 aromatic heterocycles. The Balaban J connectivity index is 1.34. The van der Waals surface area contributed by atoms with Gasteiger partial charge in [0.05, 0.1) is 24.5 Å². The van der Waals surface area contributed by atoms with E-state index in [0.29, 0.717) is 32.8 Å². The van der Waals surface area contributed by atoms with Gasteiger partial charge in [-0.3, -0.25) is 4.90 Å². The molecule has 3 amide bonds. The summed E-state index contributed by atoms with van der Waals surface area (Å²) in [6.07, 6.45) is 1.54. The molecule has 1 N–H and O–H groups in total. The highest BCUT2D eigenvalue weighted by Crippen LogP contribution is 2.18. The molecule has 2 aliphatic heterocycles. The van der Waals surface area contributed by atoms with E-state index in [2.05, 4.69) is 15.4 Å². The molecule has 1 unspecified atom stereocenters. The number of piperazine rings is 1. The van der Waals surface area contributed by atoms with Crippen LogP contribution in [0.25, 0.3) is 4.96 Å². The summed E-state index contributed by atoms with van der Waals surface area (Å²) in [6, 6.07) is -0.184. The molecule has 2 saturated heterocycles. The summed E-state index contributed by atoms with van der Waals surface area (Å²) in [6.45, 7) is 4.16. The van der Waals surface area contributed by atoms with E-state index in [-0.39, 0.29) is 18.2 Å². The topological polar surface area (TPSA) is 92.1 Å². The van der Waals surface area contributed by atoms with Gasteiger partial charge in [-0.25, -0.2) is 19.1 Å². The van der Waals surface area contributed by atoms with E-state index in [4.69, 9.17) is 4.74 Å². The van der Waals surface area contributed by atoms with Crippen LogP contribution in [-0.2, 0) is 11.3 Å². The van der Waals surface area contributed by atoms with E-state index in [0.717, 1.165) is 15.7 Å². The summed E-state index contributed by atoms with van der Waals surface area (Å²) in [5.74, 6) is 0. The fraction of sp³-hybridized carbons (Fsp3) is 0.538. The highest BCUT2D eigenvalue weighted by molar-refractivity contribution is 7.16. The van der Waals surface area contributed by atoms with Gasteiger partial charge in [-0.1, -0.05) is 11.3 Å². The summed E-state index contributed by atoms with van der Waals surface area (Å²) in [5, 5.41) is 8.11. The van der Waals surface area contributed by atoms with Crippen molar-refractivity contribution in [2.75, 3.05) is 26.2 Å². The maximum absolute atomic E-state index is 12.3. The number of carbonyl (C=O) groups excluding carboxylic acids is 2. The Morgan fingerprint density at radius 3 is 3.22 bits per heavy atom. The number of nitrogens with one attached hydrogen (secondary N) is 1. The second-order valence-corrected chi connectivity index (χ2v) is 6.77. The second kappa shape index (κ2) is 5.37. The van der Waals surface area contributed by atoms with Crippen LogP contribution in [0.1, 0.15) is 10.7 Å². The highest BCUT2D eigenvalue weighted by Gasteiger charge is 2.38. The molecule has 0 spiro atoms. The molecule has 0 aromatic carbocycles. The van der Waals surface area contributed by atoms with Crippen LogP contribution >= 0.6 is 11.3 Å². The molecular formula is C13H16N6O3S. The lowest BCUT2D eigenvalue weighted by Crippen LogP contribution is -2.55. The van der Waals surface area contributed by atoms with Crippen LogP contribution in [0, 0.1) is 6.92 Å². The van der Waals surface area contributed by atoms with E-state index in [9.17, 15) is 9.59 Å². The van der Waals surface area contributed by atoms with Crippen molar-refractivity contribution in [3.8, 4) is 0 Å². The van der Waals surface area contributed by atoms with E-state index >= 15 is 0 Å². The van der Waals surface area contributed by atoms with Crippen molar-refractivity contribution in [2.24, 2.45) is 0 Å². The lowest BCUT2D eigenvalue weighted by Gasteiger charge is -2.35. The first-order chi connectivity index (χ1) is 11.1. The molecule has 122 valence electrons. The number of carbonyl (C=O) groups is 2. The number of ether oxygens (including phenoxy) is 1. The summed E-state index contributed by atoms with van der Waals surface area (Å²) < 4.78 is 6.73. The number of imidazole rings is 1. The molecule has 4 heterocycles. The number of aryl methyl sites for hydroxylation is 1. The monoisotopic (exact) mass is 336 g/mol. The van der Waals surface area contributed by atoms with Crippen LogP contribution in [0.3, 0.4) is 0 Å². The number of nitrogens with zero attached hydrogens (tertiary/aromatic N) is 5. The van der Waals surface area contributed by atoms with E-state index in [1.807, 2.05) is 13.1 Å². The molecule has 4 rings (SSSR count). The predicted octanol–water partition coefficient (Wildman–Crippen LogP) is 0.445. The zero-order valence-electron chi connectivity index (χ0n) is 12.6. The molecule has 2 aliphatic rings. The summed E-state index contributed by atoms with van der Waals surface area (Å²) in [5.41, 5.74) is 0.773. The van der Waals surface area contributed by atoms with Gasteiger partial charge in [0.15, 0.2) is 0 Å². The number of aromatic nitrogens is 3. The third-order valence-corrected chi connectivity index (χ3v) is 4.86. The quantitative estimate of drug-likeness (QED) is 0.859. The summed E-state index contributed by atoms with van der Waals surface area (Å²) >= 11 is 1.51. The zero-order valence-corrected chi connectivity index (χ0v) is 13.4. The lowest BCUT2D eigenvalue weighted by atomic mass is 10.2. The number of hydrogen-bond acceptors (Lipinski definition) is 6. The van der Waals surface area contributed by atoms with Crippen LogP contribution < -0.4 is 5.32 Å². The Kier molecular flexibility index (Phi) is 3.33. The SMILES string of the molecule is Cc1nn2cc(CNC(=O)N3CCN4C(=O)OCC4C3)nc2s1. The molecule has 9 nitrogen and oxygen atoms in total. The Morgan fingerprint density at radius 1 is 1.52 bits per heavy atom. The van der Waals surface area contributed by atoms with Crippen molar-refractivity contribution in [2.45, 2.75) is 19.5 Å². The maximum Gasteiger partial charge on any atom is 0.410 e. The number of urea groups is 1. The average molecular weight is 336 g/mol. The van der Waals surface area contributed by atoms with E-state index in [1.165, 1.54) is 11.3 Å². The fourth-order valence-corrected chi connectivity index (χ4v) is 3.62. The van der Waals surface area contributed by atoms with Gasteiger partial charge in [0.25, 0.3) is 0 Å². The predicted molar refractivity (Wildman–Crippen MR) is 81.3 cm³/mol. The van der Waals surface area contributed by atoms with Crippen LogP contribution in [-0.4, -0.2) is 68.8 Å². The average Bonchev–Trinajstić information content (AvgIpc) is 3.17. The van der Waals surface area contributed by atoms with Crippen LogP contribution in [0.2, 0.25) is 0 Å². The smallest absolute Gasteiger partial charge is 0.410 e. The van der Waals surface area contributed by atoms with Crippen LogP contribution in [0.4, 0.5) is 9.59 Å². The highest BCUT2D eigenvalue weighted by atomic mass is 32.1.